The Hall–Kier alpha value is -2.89. The quantitative estimate of drug-likeness (QED) is 0.673. The third-order valence-electron chi connectivity index (χ3n) is 2.40. The molecule has 2 aromatic rings. The average Bonchev–Trinajstić information content (AvgIpc) is 2.39. The van der Waals surface area contributed by atoms with Crippen LogP contribution in [0.1, 0.15) is 10.4 Å². The number of amides is 1. The van der Waals surface area contributed by atoms with Crippen LogP contribution < -0.4 is 10.5 Å². The summed E-state index contributed by atoms with van der Waals surface area (Å²) in [6.45, 7) is 0. The van der Waals surface area contributed by atoms with Gasteiger partial charge in [-0.3, -0.25) is 14.9 Å². The molecule has 0 fully saturated rings. The van der Waals surface area contributed by atoms with Crippen LogP contribution in [0.15, 0.2) is 48.5 Å². The fourth-order valence-electron chi connectivity index (χ4n) is 1.48. The number of non-ortho nitro benzene ring substituents is 1. The fraction of sp³-hybridized carbons (Fsp3) is 0. The average molecular weight is 258 g/mol. The zero-order valence-corrected chi connectivity index (χ0v) is 9.78. The number of primary amides is 1. The number of nitrogens with two attached hydrogens (primary N) is 1. The van der Waals surface area contributed by atoms with Crippen molar-refractivity contribution in [2.24, 2.45) is 5.73 Å². The number of nitrogens with zero attached hydrogens (tertiary/aromatic N) is 1. The third kappa shape index (κ3) is 3.06. The van der Waals surface area contributed by atoms with Crippen LogP contribution in [0.5, 0.6) is 11.5 Å². The monoisotopic (exact) mass is 258 g/mol. The molecule has 0 unspecified atom stereocenters. The van der Waals surface area contributed by atoms with Gasteiger partial charge in [0.2, 0.25) is 5.91 Å². The molecule has 0 heterocycles. The van der Waals surface area contributed by atoms with Crippen LogP contribution in [0.2, 0.25) is 0 Å². The summed E-state index contributed by atoms with van der Waals surface area (Å²) < 4.78 is 5.45. The lowest BCUT2D eigenvalue weighted by molar-refractivity contribution is -0.384. The van der Waals surface area contributed by atoms with Crippen LogP contribution >= 0.6 is 0 Å². The van der Waals surface area contributed by atoms with E-state index in [2.05, 4.69) is 0 Å². The Labute approximate surface area is 108 Å². The molecule has 6 nitrogen and oxygen atoms in total. The lowest BCUT2D eigenvalue weighted by Crippen LogP contribution is -2.10. The lowest BCUT2D eigenvalue weighted by atomic mass is 10.2. The van der Waals surface area contributed by atoms with Crippen molar-refractivity contribution in [3.8, 4) is 11.5 Å². The van der Waals surface area contributed by atoms with Crippen molar-refractivity contribution in [1.29, 1.82) is 0 Å². The van der Waals surface area contributed by atoms with Crippen molar-refractivity contribution in [2.75, 3.05) is 0 Å². The molecule has 0 radical (unpaired) electrons. The molecule has 0 spiro atoms. The van der Waals surface area contributed by atoms with Crippen molar-refractivity contribution in [3.05, 3.63) is 64.2 Å². The Balaban J connectivity index is 2.19. The molecule has 1 amide bonds. The summed E-state index contributed by atoms with van der Waals surface area (Å²) in [5.41, 5.74) is 5.43. The van der Waals surface area contributed by atoms with Gasteiger partial charge in [0, 0.05) is 11.6 Å². The molecule has 96 valence electrons. The van der Waals surface area contributed by atoms with Gasteiger partial charge in [0.05, 0.1) is 11.0 Å². The summed E-state index contributed by atoms with van der Waals surface area (Å²) in [4.78, 5) is 21.0. The number of carbonyl (C=O) groups is 1. The smallest absolute Gasteiger partial charge is 0.273 e. The molecule has 6 heteroatoms. The maximum absolute atomic E-state index is 10.9. The molecule has 2 aromatic carbocycles. The second-order valence-corrected chi connectivity index (χ2v) is 3.75. The molecule has 0 aromatic heterocycles. The number of hydrogen-bond donors (Lipinski definition) is 1. The van der Waals surface area contributed by atoms with Gasteiger partial charge < -0.3 is 10.5 Å². The minimum Gasteiger partial charge on any atom is -0.457 e. The minimum absolute atomic E-state index is 0.0498. The topological polar surface area (TPSA) is 95.5 Å². The second kappa shape index (κ2) is 5.18. The van der Waals surface area contributed by atoms with Gasteiger partial charge in [0.15, 0.2) is 0 Å². The predicted molar refractivity (Wildman–Crippen MR) is 68.1 cm³/mol. The summed E-state index contributed by atoms with van der Waals surface area (Å²) >= 11 is 0. The van der Waals surface area contributed by atoms with Crippen LogP contribution in [0, 0.1) is 10.1 Å². The fourth-order valence-corrected chi connectivity index (χ4v) is 1.48. The highest BCUT2D eigenvalue weighted by Crippen LogP contribution is 2.25. The first-order chi connectivity index (χ1) is 9.06. The molecular formula is C13H10N2O4. The maximum Gasteiger partial charge on any atom is 0.273 e. The van der Waals surface area contributed by atoms with Gasteiger partial charge in [-0.1, -0.05) is 6.07 Å². The first-order valence-electron chi connectivity index (χ1n) is 5.38. The molecule has 2 N–H and O–H groups in total. The van der Waals surface area contributed by atoms with Gasteiger partial charge in [-0.2, -0.15) is 0 Å². The van der Waals surface area contributed by atoms with Crippen LogP contribution in [0.3, 0.4) is 0 Å². The predicted octanol–water partition coefficient (Wildman–Crippen LogP) is 2.49. The highest BCUT2D eigenvalue weighted by Gasteiger charge is 2.07. The van der Waals surface area contributed by atoms with E-state index < -0.39 is 10.8 Å². The van der Waals surface area contributed by atoms with Gasteiger partial charge in [-0.15, -0.1) is 0 Å². The molecule has 19 heavy (non-hydrogen) atoms. The van der Waals surface area contributed by atoms with E-state index in [4.69, 9.17) is 10.5 Å². The Morgan fingerprint density at radius 3 is 2.37 bits per heavy atom. The number of hydrogen-bond acceptors (Lipinski definition) is 4. The number of carbonyl (C=O) groups excluding carboxylic acids is 1. The number of nitro groups is 1. The van der Waals surface area contributed by atoms with Gasteiger partial charge in [-0.05, 0) is 30.3 Å². The van der Waals surface area contributed by atoms with E-state index in [1.165, 1.54) is 30.3 Å². The van der Waals surface area contributed by atoms with Gasteiger partial charge >= 0.3 is 0 Å². The van der Waals surface area contributed by atoms with E-state index in [9.17, 15) is 14.9 Å². The van der Waals surface area contributed by atoms with Crippen molar-refractivity contribution < 1.29 is 14.5 Å². The Bertz CT molecular complexity index is 623. The molecular weight excluding hydrogens is 248 g/mol. The highest BCUT2D eigenvalue weighted by molar-refractivity contribution is 5.92. The van der Waals surface area contributed by atoms with E-state index in [-0.39, 0.29) is 5.69 Å². The molecule has 0 atom stereocenters. The molecule has 0 saturated carbocycles. The largest absolute Gasteiger partial charge is 0.457 e. The van der Waals surface area contributed by atoms with E-state index in [1.807, 2.05) is 0 Å². The number of nitro benzene ring substituents is 1. The summed E-state index contributed by atoms with van der Waals surface area (Å²) in [5, 5.41) is 10.6. The van der Waals surface area contributed by atoms with Crippen molar-refractivity contribution in [1.82, 2.24) is 0 Å². The Morgan fingerprint density at radius 2 is 1.79 bits per heavy atom. The molecule has 0 bridgehead atoms. The van der Waals surface area contributed by atoms with E-state index in [0.29, 0.717) is 17.1 Å². The van der Waals surface area contributed by atoms with Gasteiger partial charge in [-0.25, -0.2) is 0 Å². The van der Waals surface area contributed by atoms with E-state index >= 15 is 0 Å². The van der Waals surface area contributed by atoms with E-state index in [0.717, 1.165) is 0 Å². The zero-order valence-electron chi connectivity index (χ0n) is 9.78. The van der Waals surface area contributed by atoms with Crippen LogP contribution in [0.4, 0.5) is 5.69 Å². The molecule has 0 aliphatic carbocycles. The first kappa shape index (κ1) is 12.6. The molecule has 0 aliphatic heterocycles. The summed E-state index contributed by atoms with van der Waals surface area (Å²) in [6.07, 6.45) is 0. The Morgan fingerprint density at radius 1 is 1.11 bits per heavy atom. The van der Waals surface area contributed by atoms with Crippen molar-refractivity contribution in [3.63, 3.8) is 0 Å². The highest BCUT2D eigenvalue weighted by atomic mass is 16.6. The maximum atomic E-state index is 10.9. The summed E-state index contributed by atoms with van der Waals surface area (Å²) in [6, 6.07) is 12.0. The number of ether oxygens (including phenoxy) is 1. The third-order valence-corrected chi connectivity index (χ3v) is 2.40. The summed E-state index contributed by atoms with van der Waals surface area (Å²) in [7, 11) is 0. The van der Waals surface area contributed by atoms with Crippen LogP contribution in [0.25, 0.3) is 0 Å². The first-order valence-corrected chi connectivity index (χ1v) is 5.38. The second-order valence-electron chi connectivity index (χ2n) is 3.75. The van der Waals surface area contributed by atoms with Gasteiger partial charge in [0.25, 0.3) is 5.69 Å². The molecule has 0 saturated heterocycles. The molecule has 2 rings (SSSR count). The SMILES string of the molecule is NC(=O)c1ccc(Oc2cccc([N+](=O)[O-])c2)cc1. The molecule has 0 aliphatic rings. The van der Waals surface area contributed by atoms with Crippen LogP contribution in [-0.2, 0) is 0 Å². The number of rotatable bonds is 4. The number of benzene rings is 2. The van der Waals surface area contributed by atoms with Crippen molar-refractivity contribution in [2.45, 2.75) is 0 Å². The van der Waals surface area contributed by atoms with Crippen molar-refractivity contribution >= 4 is 11.6 Å². The Kier molecular flexibility index (Phi) is 3.42. The normalized spacial score (nSPS) is 9.89. The zero-order chi connectivity index (χ0) is 13.8. The minimum atomic E-state index is -0.526. The van der Waals surface area contributed by atoms with Gasteiger partial charge in [0.1, 0.15) is 11.5 Å². The standard InChI is InChI=1S/C13H10N2O4/c14-13(16)9-4-6-11(7-5-9)19-12-3-1-2-10(8-12)15(17)18/h1-8H,(H2,14,16). The van der Waals surface area contributed by atoms with Crippen LogP contribution in [-0.4, -0.2) is 10.8 Å². The van der Waals surface area contributed by atoms with E-state index in [1.54, 1.807) is 18.2 Å². The summed E-state index contributed by atoms with van der Waals surface area (Å²) in [5.74, 6) is 0.286. The lowest BCUT2D eigenvalue weighted by Gasteiger charge is -2.05.